The number of pyridine rings is 1. The summed E-state index contributed by atoms with van der Waals surface area (Å²) in [5.74, 6) is -1.08. The third-order valence-corrected chi connectivity index (χ3v) is 6.47. The second kappa shape index (κ2) is 9.20. The lowest BCUT2D eigenvalue weighted by Crippen LogP contribution is -2.40. The number of nitrogens with zero attached hydrogens (tertiary/aromatic N) is 2. The number of rotatable bonds is 5. The molecular formula is C24H25ClN2O5. The fourth-order valence-corrected chi connectivity index (χ4v) is 4.87. The summed E-state index contributed by atoms with van der Waals surface area (Å²) in [6.45, 7) is 0. The summed E-state index contributed by atoms with van der Waals surface area (Å²) in [4.78, 5) is 32.3. The van der Waals surface area contributed by atoms with Crippen molar-refractivity contribution in [3.05, 3.63) is 58.4 Å². The van der Waals surface area contributed by atoms with E-state index >= 15 is 0 Å². The van der Waals surface area contributed by atoms with Crippen molar-refractivity contribution >= 4 is 29.1 Å². The van der Waals surface area contributed by atoms with Crippen LogP contribution in [0.4, 0.5) is 0 Å². The predicted octanol–water partition coefficient (Wildman–Crippen LogP) is 4.51. The molecule has 1 amide bonds. The Hall–Kier alpha value is -3.06. The third kappa shape index (κ3) is 3.81. The van der Waals surface area contributed by atoms with E-state index < -0.39 is 17.7 Å². The lowest BCUT2D eigenvalue weighted by atomic mass is 9.91. The van der Waals surface area contributed by atoms with Crippen molar-refractivity contribution in [1.29, 1.82) is 0 Å². The summed E-state index contributed by atoms with van der Waals surface area (Å²) in [6.07, 6.45) is 8.00. The summed E-state index contributed by atoms with van der Waals surface area (Å²) < 4.78 is 10.7. The van der Waals surface area contributed by atoms with E-state index in [-0.39, 0.29) is 28.7 Å². The summed E-state index contributed by atoms with van der Waals surface area (Å²) in [6, 6.07) is 5.76. The van der Waals surface area contributed by atoms with Gasteiger partial charge in [-0.1, -0.05) is 36.9 Å². The Kier molecular flexibility index (Phi) is 6.37. The molecule has 1 aliphatic carbocycles. The van der Waals surface area contributed by atoms with E-state index in [1.54, 1.807) is 23.4 Å². The van der Waals surface area contributed by atoms with Gasteiger partial charge < -0.3 is 19.5 Å². The molecule has 4 rings (SSSR count). The first-order valence-corrected chi connectivity index (χ1v) is 11.0. The van der Waals surface area contributed by atoms with Gasteiger partial charge in [0.1, 0.15) is 17.3 Å². The standard InChI is InChI=1S/C24H25ClN2O5/c1-31-18-12-17(25)19(32-2)11-16(18)22(28)20-21(14-7-6-10-26-13-14)27(24(30)23(20)29)15-8-4-3-5-9-15/h6-7,10-13,15,21,28H,3-5,8-9H2,1-2H3/b22-20+. The predicted molar refractivity (Wildman–Crippen MR) is 120 cm³/mol. The molecular weight excluding hydrogens is 432 g/mol. The van der Waals surface area contributed by atoms with Crippen molar-refractivity contribution in [2.24, 2.45) is 0 Å². The van der Waals surface area contributed by atoms with Gasteiger partial charge in [-0.15, -0.1) is 0 Å². The van der Waals surface area contributed by atoms with Gasteiger partial charge in [0.25, 0.3) is 11.7 Å². The number of amides is 1. The van der Waals surface area contributed by atoms with Crippen molar-refractivity contribution in [2.45, 2.75) is 44.2 Å². The van der Waals surface area contributed by atoms with Crippen molar-refractivity contribution in [1.82, 2.24) is 9.88 Å². The molecule has 1 aromatic carbocycles. The van der Waals surface area contributed by atoms with Gasteiger partial charge in [-0.25, -0.2) is 0 Å². The Morgan fingerprint density at radius 2 is 1.84 bits per heavy atom. The minimum absolute atomic E-state index is 0.0104. The highest BCUT2D eigenvalue weighted by molar-refractivity contribution is 6.46. The topological polar surface area (TPSA) is 89.0 Å². The van der Waals surface area contributed by atoms with E-state index in [0.29, 0.717) is 16.3 Å². The van der Waals surface area contributed by atoms with Crippen LogP contribution in [0.1, 0.15) is 49.3 Å². The first-order valence-electron chi connectivity index (χ1n) is 10.6. The molecule has 168 valence electrons. The van der Waals surface area contributed by atoms with Gasteiger partial charge in [0.15, 0.2) is 0 Å². The van der Waals surface area contributed by atoms with E-state index in [1.165, 1.54) is 26.4 Å². The second-order valence-electron chi connectivity index (χ2n) is 7.97. The molecule has 2 heterocycles. The molecule has 2 aliphatic rings. The molecule has 1 unspecified atom stereocenters. The van der Waals surface area contributed by atoms with Gasteiger partial charge in [-0.05, 0) is 30.5 Å². The van der Waals surface area contributed by atoms with Crippen LogP contribution in [0, 0.1) is 0 Å². The van der Waals surface area contributed by atoms with Crippen LogP contribution in [0.2, 0.25) is 5.02 Å². The van der Waals surface area contributed by atoms with Crippen molar-refractivity contribution in [3.8, 4) is 11.5 Å². The highest BCUT2D eigenvalue weighted by Gasteiger charge is 2.49. The number of carbonyl (C=O) groups is 2. The Morgan fingerprint density at radius 3 is 2.47 bits per heavy atom. The fraction of sp³-hybridized carbons (Fsp3) is 0.375. The summed E-state index contributed by atoms with van der Waals surface area (Å²) in [7, 11) is 2.89. The third-order valence-electron chi connectivity index (χ3n) is 6.18. The maximum Gasteiger partial charge on any atom is 0.295 e. The number of carbonyl (C=O) groups excluding carboxylic acids is 2. The van der Waals surface area contributed by atoms with Gasteiger partial charge in [0.2, 0.25) is 0 Å². The zero-order chi connectivity index (χ0) is 22.8. The zero-order valence-corrected chi connectivity index (χ0v) is 18.8. The van der Waals surface area contributed by atoms with Crippen LogP contribution < -0.4 is 9.47 Å². The number of aliphatic hydroxyl groups is 1. The molecule has 8 heteroatoms. The minimum Gasteiger partial charge on any atom is -0.507 e. The number of hydrogen-bond acceptors (Lipinski definition) is 6. The number of methoxy groups -OCH3 is 2. The van der Waals surface area contributed by atoms with E-state index in [1.807, 2.05) is 6.07 Å². The normalized spacial score (nSPS) is 21.1. The zero-order valence-electron chi connectivity index (χ0n) is 18.0. The Labute approximate surface area is 191 Å². The molecule has 2 fully saturated rings. The molecule has 0 bridgehead atoms. The van der Waals surface area contributed by atoms with Crippen LogP contribution in [-0.4, -0.2) is 46.9 Å². The molecule has 1 saturated carbocycles. The molecule has 7 nitrogen and oxygen atoms in total. The highest BCUT2D eigenvalue weighted by Crippen LogP contribution is 2.45. The van der Waals surface area contributed by atoms with E-state index in [2.05, 4.69) is 4.98 Å². The van der Waals surface area contributed by atoms with Gasteiger partial charge in [0.05, 0.1) is 36.4 Å². The quantitative estimate of drug-likeness (QED) is 0.404. The van der Waals surface area contributed by atoms with Crippen molar-refractivity contribution < 1.29 is 24.2 Å². The van der Waals surface area contributed by atoms with Crippen molar-refractivity contribution in [2.75, 3.05) is 14.2 Å². The number of aliphatic hydroxyl groups excluding tert-OH is 1. The van der Waals surface area contributed by atoms with E-state index in [0.717, 1.165) is 32.1 Å². The average Bonchev–Trinajstić information content (AvgIpc) is 3.10. The maximum absolute atomic E-state index is 13.3. The van der Waals surface area contributed by atoms with E-state index in [4.69, 9.17) is 21.1 Å². The van der Waals surface area contributed by atoms with Crippen LogP contribution in [0.3, 0.4) is 0 Å². The van der Waals surface area contributed by atoms with Crippen LogP contribution in [0.5, 0.6) is 11.5 Å². The lowest BCUT2D eigenvalue weighted by molar-refractivity contribution is -0.141. The Bertz CT molecular complexity index is 1060. The lowest BCUT2D eigenvalue weighted by Gasteiger charge is -2.35. The number of aromatic nitrogens is 1. The monoisotopic (exact) mass is 456 g/mol. The van der Waals surface area contributed by atoms with Crippen LogP contribution >= 0.6 is 11.6 Å². The number of Topliss-reactive ketones (excluding diaryl/α,β-unsaturated/α-hetero) is 1. The van der Waals surface area contributed by atoms with Crippen LogP contribution in [0.15, 0.2) is 42.2 Å². The average molecular weight is 457 g/mol. The minimum atomic E-state index is -0.738. The molecule has 1 N–H and O–H groups in total. The van der Waals surface area contributed by atoms with E-state index in [9.17, 15) is 14.7 Å². The van der Waals surface area contributed by atoms with Gasteiger partial charge >= 0.3 is 0 Å². The number of hydrogen-bond donors (Lipinski definition) is 1. The molecule has 1 aromatic heterocycles. The second-order valence-corrected chi connectivity index (χ2v) is 8.38. The summed E-state index contributed by atoms with van der Waals surface area (Å²) >= 11 is 6.21. The van der Waals surface area contributed by atoms with Gasteiger partial charge in [-0.3, -0.25) is 14.6 Å². The highest BCUT2D eigenvalue weighted by atomic mass is 35.5. The number of ketones is 1. The molecule has 0 radical (unpaired) electrons. The van der Waals surface area contributed by atoms with Crippen LogP contribution in [0.25, 0.3) is 5.76 Å². The van der Waals surface area contributed by atoms with Crippen LogP contribution in [-0.2, 0) is 9.59 Å². The number of halogens is 1. The molecule has 1 saturated heterocycles. The largest absolute Gasteiger partial charge is 0.507 e. The Balaban J connectivity index is 1.92. The maximum atomic E-state index is 13.3. The summed E-state index contributed by atoms with van der Waals surface area (Å²) in [5.41, 5.74) is 0.902. The van der Waals surface area contributed by atoms with Crippen molar-refractivity contribution in [3.63, 3.8) is 0 Å². The number of likely N-dealkylation sites (tertiary alicyclic amines) is 1. The molecule has 1 atom stereocenters. The molecule has 1 aliphatic heterocycles. The fourth-order valence-electron chi connectivity index (χ4n) is 4.64. The molecule has 32 heavy (non-hydrogen) atoms. The summed E-state index contributed by atoms with van der Waals surface area (Å²) in [5, 5.41) is 11.7. The smallest absolute Gasteiger partial charge is 0.295 e. The number of benzene rings is 1. The SMILES string of the molecule is COc1cc(/C(O)=C2\C(=O)C(=O)N(C3CCCCC3)C2c2cccnc2)c(OC)cc1Cl. The number of ether oxygens (including phenoxy) is 2. The first-order chi connectivity index (χ1) is 15.5. The van der Waals surface area contributed by atoms with Gasteiger partial charge in [-0.2, -0.15) is 0 Å². The Morgan fingerprint density at radius 1 is 1.12 bits per heavy atom. The van der Waals surface area contributed by atoms with Gasteiger partial charge in [0, 0.05) is 24.5 Å². The molecule has 0 spiro atoms. The first kappa shape index (κ1) is 22.1. The molecule has 2 aromatic rings.